The maximum absolute atomic E-state index is 5.52. The zero-order valence-corrected chi connectivity index (χ0v) is 10.3. The van der Waals surface area contributed by atoms with Crippen LogP contribution in [0.5, 0.6) is 0 Å². The third-order valence-corrected chi connectivity index (χ3v) is 3.04. The van der Waals surface area contributed by atoms with Gasteiger partial charge in [-0.1, -0.05) is 30.3 Å². The normalized spacial score (nSPS) is 18.4. The third-order valence-electron chi connectivity index (χ3n) is 3.04. The van der Waals surface area contributed by atoms with E-state index in [2.05, 4.69) is 17.6 Å². The van der Waals surface area contributed by atoms with Crippen LogP contribution in [0.25, 0.3) is 0 Å². The minimum absolute atomic E-state index is 0.435. The maximum Gasteiger partial charge on any atom is 0.0933 e. The van der Waals surface area contributed by atoms with Crippen molar-refractivity contribution in [2.45, 2.75) is 25.5 Å². The summed E-state index contributed by atoms with van der Waals surface area (Å²) in [5.41, 5.74) is 4.32. The number of hydrogen-bond acceptors (Lipinski definition) is 4. The predicted molar refractivity (Wildman–Crippen MR) is 66.0 cm³/mol. The standard InChI is InChI=1S/C13H20N2O2/c1-16-15-9-7-13(8-10-15)14-17-11-12-5-3-2-4-6-12/h2-6,13-14H,7-11H2,1H3. The molecule has 17 heavy (non-hydrogen) atoms. The second kappa shape index (κ2) is 6.71. The van der Waals surface area contributed by atoms with Crippen LogP contribution < -0.4 is 5.48 Å². The van der Waals surface area contributed by atoms with Gasteiger partial charge >= 0.3 is 0 Å². The average molecular weight is 236 g/mol. The lowest BCUT2D eigenvalue weighted by molar-refractivity contribution is -0.151. The molecule has 1 N–H and O–H groups in total. The predicted octanol–water partition coefficient (Wildman–Crippen LogP) is 1.73. The number of benzene rings is 1. The van der Waals surface area contributed by atoms with Gasteiger partial charge in [-0.25, -0.2) is 0 Å². The van der Waals surface area contributed by atoms with Gasteiger partial charge in [0.2, 0.25) is 0 Å². The highest BCUT2D eigenvalue weighted by molar-refractivity contribution is 5.13. The van der Waals surface area contributed by atoms with Crippen LogP contribution in [0, 0.1) is 0 Å². The first-order valence-corrected chi connectivity index (χ1v) is 6.09. The van der Waals surface area contributed by atoms with Crippen molar-refractivity contribution in [2.75, 3.05) is 20.2 Å². The van der Waals surface area contributed by atoms with Crippen molar-refractivity contribution in [2.24, 2.45) is 0 Å². The molecule has 0 atom stereocenters. The fourth-order valence-electron chi connectivity index (χ4n) is 1.97. The molecule has 1 aromatic carbocycles. The smallest absolute Gasteiger partial charge is 0.0933 e. The summed E-state index contributed by atoms with van der Waals surface area (Å²) in [6, 6.07) is 10.6. The van der Waals surface area contributed by atoms with E-state index in [1.54, 1.807) is 7.11 Å². The van der Waals surface area contributed by atoms with E-state index in [0.29, 0.717) is 12.6 Å². The van der Waals surface area contributed by atoms with Gasteiger partial charge in [-0.2, -0.15) is 10.5 Å². The second-order valence-electron chi connectivity index (χ2n) is 4.28. The summed E-state index contributed by atoms with van der Waals surface area (Å²) < 4.78 is 0. The minimum atomic E-state index is 0.435. The van der Waals surface area contributed by atoms with Crippen LogP contribution >= 0.6 is 0 Å². The van der Waals surface area contributed by atoms with E-state index in [1.807, 2.05) is 23.3 Å². The molecule has 1 aliphatic rings. The zero-order valence-electron chi connectivity index (χ0n) is 10.3. The Bertz CT molecular complexity index is 310. The highest BCUT2D eigenvalue weighted by Crippen LogP contribution is 2.10. The lowest BCUT2D eigenvalue weighted by Gasteiger charge is -2.30. The number of hydrogen-bond donors (Lipinski definition) is 1. The molecule has 4 nitrogen and oxygen atoms in total. The van der Waals surface area contributed by atoms with Gasteiger partial charge in [0, 0.05) is 19.1 Å². The first kappa shape index (κ1) is 12.5. The van der Waals surface area contributed by atoms with E-state index in [1.165, 1.54) is 5.56 Å². The molecule has 0 aromatic heterocycles. The summed E-state index contributed by atoms with van der Waals surface area (Å²) in [5.74, 6) is 0. The molecular weight excluding hydrogens is 216 g/mol. The lowest BCUT2D eigenvalue weighted by Crippen LogP contribution is -2.41. The average Bonchev–Trinajstić information content (AvgIpc) is 2.41. The Morgan fingerprint density at radius 1 is 1.24 bits per heavy atom. The van der Waals surface area contributed by atoms with Gasteiger partial charge < -0.3 is 4.84 Å². The molecule has 0 bridgehead atoms. The molecule has 0 radical (unpaired) electrons. The van der Waals surface area contributed by atoms with E-state index < -0.39 is 0 Å². The molecule has 2 rings (SSSR count). The molecule has 94 valence electrons. The quantitative estimate of drug-likeness (QED) is 0.789. The van der Waals surface area contributed by atoms with Gasteiger partial charge in [0.15, 0.2) is 0 Å². The summed E-state index contributed by atoms with van der Waals surface area (Å²) in [5, 5.41) is 1.98. The van der Waals surface area contributed by atoms with Gasteiger partial charge in [0.05, 0.1) is 13.7 Å². The monoisotopic (exact) mass is 236 g/mol. The summed E-state index contributed by atoms with van der Waals surface area (Å²) in [7, 11) is 1.72. The molecule has 0 unspecified atom stereocenters. The Morgan fingerprint density at radius 3 is 2.59 bits per heavy atom. The summed E-state index contributed by atoms with van der Waals surface area (Å²) in [4.78, 5) is 10.7. The van der Waals surface area contributed by atoms with Crippen molar-refractivity contribution in [1.29, 1.82) is 0 Å². The summed E-state index contributed by atoms with van der Waals surface area (Å²) >= 11 is 0. The molecule has 0 amide bonds. The van der Waals surface area contributed by atoms with Crippen molar-refractivity contribution >= 4 is 0 Å². The van der Waals surface area contributed by atoms with Gasteiger partial charge in [-0.15, -0.1) is 0 Å². The molecule has 1 saturated heterocycles. The van der Waals surface area contributed by atoms with Crippen LogP contribution in [0.1, 0.15) is 18.4 Å². The van der Waals surface area contributed by atoms with Crippen LogP contribution in [0.3, 0.4) is 0 Å². The lowest BCUT2D eigenvalue weighted by atomic mass is 10.1. The van der Waals surface area contributed by atoms with Crippen molar-refractivity contribution in [1.82, 2.24) is 10.5 Å². The van der Waals surface area contributed by atoms with Crippen LogP contribution in [0.15, 0.2) is 30.3 Å². The molecule has 0 saturated carbocycles. The molecule has 0 aliphatic carbocycles. The highest BCUT2D eigenvalue weighted by atomic mass is 16.7. The Labute approximate surface area is 102 Å². The fraction of sp³-hybridized carbons (Fsp3) is 0.538. The third kappa shape index (κ3) is 4.09. The number of piperidine rings is 1. The van der Waals surface area contributed by atoms with E-state index in [0.717, 1.165) is 25.9 Å². The van der Waals surface area contributed by atoms with Crippen LogP contribution in [-0.2, 0) is 16.3 Å². The van der Waals surface area contributed by atoms with Crippen molar-refractivity contribution < 1.29 is 9.68 Å². The maximum atomic E-state index is 5.52. The summed E-state index contributed by atoms with van der Waals surface area (Å²) in [6.45, 7) is 2.54. The molecule has 1 heterocycles. The van der Waals surface area contributed by atoms with E-state index in [9.17, 15) is 0 Å². The van der Waals surface area contributed by atoms with Crippen molar-refractivity contribution in [3.8, 4) is 0 Å². The van der Waals surface area contributed by atoms with Gasteiger partial charge in [0.1, 0.15) is 0 Å². The fourth-order valence-corrected chi connectivity index (χ4v) is 1.97. The molecular formula is C13H20N2O2. The van der Waals surface area contributed by atoms with Gasteiger partial charge in [0.25, 0.3) is 0 Å². The van der Waals surface area contributed by atoms with E-state index in [-0.39, 0.29) is 0 Å². The van der Waals surface area contributed by atoms with Crippen LogP contribution in [-0.4, -0.2) is 31.3 Å². The van der Waals surface area contributed by atoms with Gasteiger partial charge in [-0.3, -0.25) is 4.84 Å². The van der Waals surface area contributed by atoms with E-state index in [4.69, 9.17) is 9.68 Å². The minimum Gasteiger partial charge on any atom is -0.302 e. The zero-order chi connectivity index (χ0) is 11.9. The summed E-state index contributed by atoms with van der Waals surface area (Å²) in [6.07, 6.45) is 2.12. The molecule has 0 spiro atoms. The number of rotatable bonds is 5. The highest BCUT2D eigenvalue weighted by Gasteiger charge is 2.18. The SMILES string of the molecule is CON1CCC(NOCc2ccccc2)CC1. The van der Waals surface area contributed by atoms with E-state index >= 15 is 0 Å². The number of nitrogens with one attached hydrogen (secondary N) is 1. The largest absolute Gasteiger partial charge is 0.302 e. The molecule has 1 aliphatic heterocycles. The van der Waals surface area contributed by atoms with Crippen molar-refractivity contribution in [3.05, 3.63) is 35.9 Å². The Hall–Kier alpha value is -0.940. The van der Waals surface area contributed by atoms with Crippen LogP contribution in [0.4, 0.5) is 0 Å². The van der Waals surface area contributed by atoms with Crippen LogP contribution in [0.2, 0.25) is 0 Å². The molecule has 4 heteroatoms. The van der Waals surface area contributed by atoms with Crippen molar-refractivity contribution in [3.63, 3.8) is 0 Å². The topological polar surface area (TPSA) is 33.7 Å². The second-order valence-corrected chi connectivity index (χ2v) is 4.28. The number of nitrogens with zero attached hydrogens (tertiary/aromatic N) is 1. The molecule has 1 aromatic rings. The Morgan fingerprint density at radius 2 is 1.94 bits per heavy atom. The number of hydroxylamine groups is 3. The first-order valence-electron chi connectivity index (χ1n) is 6.09. The Balaban J connectivity index is 1.63. The van der Waals surface area contributed by atoms with Gasteiger partial charge in [-0.05, 0) is 18.4 Å². The molecule has 1 fully saturated rings. The first-order chi connectivity index (χ1) is 8.38. The Kier molecular flexibility index (Phi) is 4.94.